The van der Waals surface area contributed by atoms with E-state index < -0.39 is 14.9 Å². The molecule has 0 bridgehead atoms. The van der Waals surface area contributed by atoms with E-state index in [1.807, 2.05) is 6.92 Å². The second-order valence-electron chi connectivity index (χ2n) is 4.11. The molecule has 0 atom stereocenters. The van der Waals surface area contributed by atoms with Crippen LogP contribution in [0.3, 0.4) is 0 Å². The summed E-state index contributed by atoms with van der Waals surface area (Å²) in [5.74, 6) is 0. The lowest BCUT2D eigenvalue weighted by molar-refractivity contribution is -0.383. The molecule has 0 aromatic heterocycles. The number of rotatable bonds is 7. The molecule has 0 saturated carbocycles. The second kappa shape index (κ2) is 6.64. The van der Waals surface area contributed by atoms with Crippen LogP contribution in [-0.2, 0) is 10.0 Å². The van der Waals surface area contributed by atoms with E-state index in [0.717, 1.165) is 22.5 Å². The maximum absolute atomic E-state index is 12.3. The van der Waals surface area contributed by atoms with E-state index in [0.29, 0.717) is 6.42 Å². The number of hydrogen-bond donors (Lipinski definition) is 2. The van der Waals surface area contributed by atoms with Gasteiger partial charge < -0.3 is 10.8 Å². The van der Waals surface area contributed by atoms with Crippen molar-refractivity contribution in [3.05, 3.63) is 28.3 Å². The van der Waals surface area contributed by atoms with E-state index in [1.54, 1.807) is 0 Å². The first kappa shape index (κ1) is 16.3. The number of nitrogens with two attached hydrogens (primary N) is 1. The Morgan fingerprint density at radius 2 is 2.05 bits per heavy atom. The maximum Gasteiger partial charge on any atom is 0.292 e. The molecule has 0 fully saturated rings. The summed E-state index contributed by atoms with van der Waals surface area (Å²) in [6.45, 7) is 1.72. The van der Waals surface area contributed by atoms with Gasteiger partial charge in [-0.05, 0) is 18.6 Å². The molecular weight excluding hydrogens is 286 g/mol. The Morgan fingerprint density at radius 3 is 2.50 bits per heavy atom. The number of nitrogens with zero attached hydrogens (tertiary/aromatic N) is 2. The van der Waals surface area contributed by atoms with Gasteiger partial charge in [0, 0.05) is 19.2 Å². The Labute approximate surface area is 117 Å². The van der Waals surface area contributed by atoms with Crippen LogP contribution in [0.5, 0.6) is 0 Å². The van der Waals surface area contributed by atoms with Crippen LogP contribution in [0.2, 0.25) is 0 Å². The normalized spacial score (nSPS) is 11.8. The van der Waals surface area contributed by atoms with Gasteiger partial charge in [0.15, 0.2) is 0 Å². The van der Waals surface area contributed by atoms with E-state index in [2.05, 4.69) is 0 Å². The predicted octanol–water partition coefficient (Wildman–Crippen LogP) is 0.570. The highest BCUT2D eigenvalue weighted by Gasteiger charge is 2.25. The number of benzene rings is 1. The van der Waals surface area contributed by atoms with E-state index in [-0.39, 0.29) is 36.0 Å². The summed E-state index contributed by atoms with van der Waals surface area (Å²) >= 11 is 0. The average Bonchev–Trinajstić information content (AvgIpc) is 2.37. The van der Waals surface area contributed by atoms with Crippen LogP contribution < -0.4 is 5.73 Å². The molecule has 8 nitrogen and oxygen atoms in total. The smallest absolute Gasteiger partial charge is 0.292 e. The van der Waals surface area contributed by atoms with Gasteiger partial charge in [-0.3, -0.25) is 10.1 Å². The summed E-state index contributed by atoms with van der Waals surface area (Å²) in [6.07, 6.45) is 0.585. The molecule has 0 heterocycles. The fourth-order valence-electron chi connectivity index (χ4n) is 1.72. The molecule has 0 radical (unpaired) electrons. The van der Waals surface area contributed by atoms with E-state index in [1.165, 1.54) is 0 Å². The first-order chi connectivity index (χ1) is 9.34. The zero-order valence-electron chi connectivity index (χ0n) is 11.0. The number of anilines is 1. The molecule has 1 rings (SSSR count). The third kappa shape index (κ3) is 3.44. The number of nitro benzene ring substituents is 1. The standard InChI is InChI=1S/C11H17N3O5S/c1-2-5-13(6-7-15)20(18,19)9-3-4-11(14(16)17)10(12)8-9/h3-4,8,15H,2,5-7,12H2,1H3. The highest BCUT2D eigenvalue weighted by molar-refractivity contribution is 7.89. The van der Waals surface area contributed by atoms with Crippen LogP contribution >= 0.6 is 0 Å². The molecular formula is C11H17N3O5S. The van der Waals surface area contributed by atoms with Crippen molar-refractivity contribution in [3.63, 3.8) is 0 Å². The molecule has 0 saturated heterocycles. The van der Waals surface area contributed by atoms with Crippen LogP contribution in [0.25, 0.3) is 0 Å². The minimum atomic E-state index is -3.82. The van der Waals surface area contributed by atoms with Gasteiger partial charge in [-0.15, -0.1) is 0 Å². The van der Waals surface area contributed by atoms with Crippen LogP contribution in [0, 0.1) is 10.1 Å². The predicted molar refractivity (Wildman–Crippen MR) is 73.6 cm³/mol. The Morgan fingerprint density at radius 1 is 1.40 bits per heavy atom. The van der Waals surface area contributed by atoms with Gasteiger partial charge >= 0.3 is 0 Å². The van der Waals surface area contributed by atoms with Gasteiger partial charge in [0.25, 0.3) is 5.69 Å². The number of nitro groups is 1. The molecule has 112 valence electrons. The monoisotopic (exact) mass is 303 g/mol. The van der Waals surface area contributed by atoms with Crippen molar-refractivity contribution in [2.24, 2.45) is 0 Å². The topological polar surface area (TPSA) is 127 Å². The Kier molecular flexibility index (Phi) is 5.43. The summed E-state index contributed by atoms with van der Waals surface area (Å²) in [5, 5.41) is 19.6. The number of aliphatic hydroxyl groups excluding tert-OH is 1. The van der Waals surface area contributed by atoms with Crippen LogP contribution in [0.1, 0.15) is 13.3 Å². The molecule has 20 heavy (non-hydrogen) atoms. The first-order valence-corrected chi connectivity index (χ1v) is 7.43. The minimum absolute atomic E-state index is 0.0347. The lowest BCUT2D eigenvalue weighted by atomic mass is 10.3. The van der Waals surface area contributed by atoms with Crippen molar-refractivity contribution in [3.8, 4) is 0 Å². The Balaban J connectivity index is 3.20. The zero-order chi connectivity index (χ0) is 15.3. The molecule has 0 unspecified atom stereocenters. The van der Waals surface area contributed by atoms with Crippen LogP contribution in [-0.4, -0.2) is 42.4 Å². The zero-order valence-corrected chi connectivity index (χ0v) is 11.8. The molecule has 0 aliphatic rings. The largest absolute Gasteiger partial charge is 0.395 e. The molecule has 1 aromatic carbocycles. The summed E-state index contributed by atoms with van der Waals surface area (Å²) < 4.78 is 25.8. The van der Waals surface area contributed by atoms with Crippen molar-refractivity contribution < 1.29 is 18.4 Å². The number of nitrogen functional groups attached to an aromatic ring is 1. The Bertz CT molecular complexity index is 582. The number of sulfonamides is 1. The lowest BCUT2D eigenvalue weighted by Gasteiger charge is -2.20. The van der Waals surface area contributed by atoms with E-state index in [4.69, 9.17) is 10.8 Å². The van der Waals surface area contributed by atoms with Gasteiger partial charge in [-0.2, -0.15) is 4.31 Å². The van der Waals surface area contributed by atoms with Crippen molar-refractivity contribution in [2.45, 2.75) is 18.2 Å². The number of hydrogen-bond acceptors (Lipinski definition) is 6. The fourth-order valence-corrected chi connectivity index (χ4v) is 3.28. The Hall–Kier alpha value is -1.71. The molecule has 0 amide bonds. The summed E-state index contributed by atoms with van der Waals surface area (Å²) in [7, 11) is -3.82. The molecule has 0 aliphatic carbocycles. The van der Waals surface area contributed by atoms with Gasteiger partial charge in [0.2, 0.25) is 10.0 Å². The summed E-state index contributed by atoms with van der Waals surface area (Å²) in [4.78, 5) is 9.85. The fraction of sp³-hybridized carbons (Fsp3) is 0.455. The molecule has 1 aromatic rings. The molecule has 0 aliphatic heterocycles. The quantitative estimate of drug-likeness (QED) is 0.430. The summed E-state index contributed by atoms with van der Waals surface area (Å²) in [5.41, 5.74) is 4.94. The van der Waals surface area contributed by atoms with Gasteiger partial charge in [0.05, 0.1) is 16.4 Å². The highest BCUT2D eigenvalue weighted by atomic mass is 32.2. The summed E-state index contributed by atoms with van der Waals surface area (Å²) in [6, 6.07) is 3.27. The minimum Gasteiger partial charge on any atom is -0.395 e. The van der Waals surface area contributed by atoms with E-state index in [9.17, 15) is 18.5 Å². The average molecular weight is 303 g/mol. The van der Waals surface area contributed by atoms with Gasteiger partial charge in [0.1, 0.15) is 5.69 Å². The van der Waals surface area contributed by atoms with Crippen molar-refractivity contribution in [2.75, 3.05) is 25.4 Å². The van der Waals surface area contributed by atoms with Crippen LogP contribution in [0.4, 0.5) is 11.4 Å². The van der Waals surface area contributed by atoms with Crippen molar-refractivity contribution in [1.29, 1.82) is 0 Å². The van der Waals surface area contributed by atoms with Crippen LogP contribution in [0.15, 0.2) is 23.1 Å². The number of aliphatic hydroxyl groups is 1. The maximum atomic E-state index is 12.3. The third-order valence-electron chi connectivity index (χ3n) is 2.66. The molecule has 0 spiro atoms. The lowest BCUT2D eigenvalue weighted by Crippen LogP contribution is -2.34. The SMILES string of the molecule is CCCN(CCO)S(=O)(=O)c1ccc([N+](=O)[O-])c(N)c1. The third-order valence-corrected chi connectivity index (χ3v) is 4.55. The van der Waals surface area contributed by atoms with Crippen molar-refractivity contribution >= 4 is 21.4 Å². The van der Waals surface area contributed by atoms with Gasteiger partial charge in [-0.25, -0.2) is 8.42 Å². The van der Waals surface area contributed by atoms with Crippen molar-refractivity contribution in [1.82, 2.24) is 4.31 Å². The van der Waals surface area contributed by atoms with Gasteiger partial charge in [-0.1, -0.05) is 6.92 Å². The second-order valence-corrected chi connectivity index (χ2v) is 6.04. The highest BCUT2D eigenvalue weighted by Crippen LogP contribution is 2.26. The van der Waals surface area contributed by atoms with E-state index >= 15 is 0 Å². The first-order valence-electron chi connectivity index (χ1n) is 5.99. The molecule has 9 heteroatoms. The molecule has 3 N–H and O–H groups in total.